The van der Waals surface area contributed by atoms with Crippen molar-refractivity contribution < 1.29 is 9.59 Å². The predicted molar refractivity (Wildman–Crippen MR) is 88.9 cm³/mol. The Kier molecular flexibility index (Phi) is 3.98. The number of anilines is 1. The summed E-state index contributed by atoms with van der Waals surface area (Å²) < 4.78 is 0.985. The Balaban J connectivity index is 1.71. The van der Waals surface area contributed by atoms with Crippen molar-refractivity contribution in [3.05, 3.63) is 63.6 Å². The van der Waals surface area contributed by atoms with Gasteiger partial charge in [-0.1, -0.05) is 28.1 Å². The van der Waals surface area contributed by atoms with Crippen LogP contribution in [0.25, 0.3) is 0 Å². The number of fused-ring (bicyclic) bond motifs is 1. The first-order chi connectivity index (χ1) is 10.5. The molecule has 0 radical (unpaired) electrons. The molecular weight excluding hydrogens is 344 g/mol. The molecule has 0 saturated carbocycles. The summed E-state index contributed by atoms with van der Waals surface area (Å²) in [4.78, 5) is 25.5. The second kappa shape index (κ2) is 5.93. The SMILES string of the molecule is CN1C(=O)Cc2cc(C(=O)NCc3cccc(Br)c3)ccc21. The van der Waals surface area contributed by atoms with Crippen molar-refractivity contribution in [3.63, 3.8) is 0 Å². The molecule has 112 valence electrons. The molecule has 2 amide bonds. The van der Waals surface area contributed by atoms with E-state index in [1.165, 1.54) is 0 Å². The van der Waals surface area contributed by atoms with E-state index in [1.54, 1.807) is 24.1 Å². The number of amides is 2. The molecule has 2 aromatic rings. The number of nitrogens with zero attached hydrogens (tertiary/aromatic N) is 1. The summed E-state index contributed by atoms with van der Waals surface area (Å²) in [5, 5.41) is 2.90. The molecule has 0 aliphatic carbocycles. The maximum absolute atomic E-state index is 12.2. The van der Waals surface area contributed by atoms with Crippen LogP contribution in [0.4, 0.5) is 5.69 Å². The third-order valence-electron chi connectivity index (χ3n) is 3.76. The van der Waals surface area contributed by atoms with Crippen molar-refractivity contribution in [2.24, 2.45) is 0 Å². The third kappa shape index (κ3) is 2.90. The Hall–Kier alpha value is -2.14. The summed E-state index contributed by atoms with van der Waals surface area (Å²) in [6.45, 7) is 0.466. The maximum atomic E-state index is 12.2. The van der Waals surface area contributed by atoms with Gasteiger partial charge in [-0.3, -0.25) is 9.59 Å². The topological polar surface area (TPSA) is 49.4 Å². The molecular formula is C17H15BrN2O2. The molecule has 0 aromatic heterocycles. The summed E-state index contributed by atoms with van der Waals surface area (Å²) in [5.41, 5.74) is 3.40. The molecule has 0 spiro atoms. The summed E-state index contributed by atoms with van der Waals surface area (Å²) in [6, 6.07) is 13.2. The van der Waals surface area contributed by atoms with Crippen molar-refractivity contribution in [2.75, 3.05) is 11.9 Å². The fourth-order valence-electron chi connectivity index (χ4n) is 2.54. The third-order valence-corrected chi connectivity index (χ3v) is 4.25. The van der Waals surface area contributed by atoms with E-state index in [9.17, 15) is 9.59 Å². The zero-order chi connectivity index (χ0) is 15.7. The molecule has 0 fully saturated rings. The standard InChI is InChI=1S/C17H15BrN2O2/c1-20-15-6-5-12(8-13(15)9-16(20)21)17(22)19-10-11-3-2-4-14(18)7-11/h2-8H,9-10H2,1H3,(H,19,22). The molecule has 1 N–H and O–H groups in total. The van der Waals surface area contributed by atoms with E-state index < -0.39 is 0 Å². The maximum Gasteiger partial charge on any atom is 0.251 e. The van der Waals surface area contributed by atoms with E-state index in [0.29, 0.717) is 18.5 Å². The Labute approximate surface area is 137 Å². The van der Waals surface area contributed by atoms with E-state index >= 15 is 0 Å². The van der Waals surface area contributed by atoms with Gasteiger partial charge in [0.25, 0.3) is 5.91 Å². The minimum absolute atomic E-state index is 0.0571. The van der Waals surface area contributed by atoms with Gasteiger partial charge in [-0.15, -0.1) is 0 Å². The van der Waals surface area contributed by atoms with Gasteiger partial charge in [0, 0.05) is 29.3 Å². The Morgan fingerprint density at radius 1 is 1.27 bits per heavy atom. The average Bonchev–Trinajstić information content (AvgIpc) is 2.79. The number of likely N-dealkylation sites (N-methyl/N-ethyl adjacent to an activating group) is 1. The zero-order valence-electron chi connectivity index (χ0n) is 12.1. The average molecular weight is 359 g/mol. The molecule has 1 aliphatic heterocycles. The van der Waals surface area contributed by atoms with Crippen molar-refractivity contribution in [3.8, 4) is 0 Å². The number of benzene rings is 2. The number of nitrogens with one attached hydrogen (secondary N) is 1. The number of carbonyl (C=O) groups is 2. The molecule has 22 heavy (non-hydrogen) atoms. The molecule has 4 nitrogen and oxygen atoms in total. The lowest BCUT2D eigenvalue weighted by Crippen LogP contribution is -2.23. The van der Waals surface area contributed by atoms with Crippen LogP contribution >= 0.6 is 15.9 Å². The van der Waals surface area contributed by atoms with E-state index in [0.717, 1.165) is 21.3 Å². The smallest absolute Gasteiger partial charge is 0.251 e. The van der Waals surface area contributed by atoms with Crippen LogP contribution in [0, 0.1) is 0 Å². The first-order valence-corrected chi connectivity index (χ1v) is 7.76. The molecule has 3 rings (SSSR count). The van der Waals surface area contributed by atoms with Crippen LogP contribution in [-0.2, 0) is 17.8 Å². The lowest BCUT2D eigenvalue weighted by Gasteiger charge is -2.11. The van der Waals surface area contributed by atoms with Gasteiger partial charge < -0.3 is 10.2 Å². The number of halogens is 1. The first-order valence-electron chi connectivity index (χ1n) is 6.97. The monoisotopic (exact) mass is 358 g/mol. The summed E-state index contributed by atoms with van der Waals surface area (Å²) >= 11 is 3.41. The summed E-state index contributed by atoms with van der Waals surface area (Å²) in [7, 11) is 1.75. The molecule has 2 aromatic carbocycles. The van der Waals surface area contributed by atoms with Crippen molar-refractivity contribution >= 4 is 33.4 Å². The summed E-state index contributed by atoms with van der Waals surface area (Å²) in [5.74, 6) is -0.0773. The van der Waals surface area contributed by atoms with Crippen LogP contribution in [0.5, 0.6) is 0 Å². The van der Waals surface area contributed by atoms with Crippen LogP contribution in [-0.4, -0.2) is 18.9 Å². The normalized spacial score (nSPS) is 13.2. The molecule has 0 saturated heterocycles. The van der Waals surface area contributed by atoms with Crippen LogP contribution in [0.3, 0.4) is 0 Å². The quantitative estimate of drug-likeness (QED) is 0.916. The minimum atomic E-state index is -0.134. The van der Waals surface area contributed by atoms with Gasteiger partial charge >= 0.3 is 0 Å². The van der Waals surface area contributed by atoms with Gasteiger partial charge in [0.05, 0.1) is 6.42 Å². The lowest BCUT2D eigenvalue weighted by molar-refractivity contribution is -0.117. The van der Waals surface area contributed by atoms with E-state index in [-0.39, 0.29) is 11.8 Å². The fraction of sp³-hybridized carbons (Fsp3) is 0.176. The lowest BCUT2D eigenvalue weighted by atomic mass is 10.1. The molecule has 1 aliphatic rings. The van der Waals surface area contributed by atoms with Gasteiger partial charge in [0.2, 0.25) is 5.91 Å². The van der Waals surface area contributed by atoms with Crippen LogP contribution in [0.1, 0.15) is 21.5 Å². The second-order valence-electron chi connectivity index (χ2n) is 5.29. The van der Waals surface area contributed by atoms with E-state index in [4.69, 9.17) is 0 Å². The Morgan fingerprint density at radius 2 is 2.09 bits per heavy atom. The molecule has 0 bridgehead atoms. The second-order valence-corrected chi connectivity index (χ2v) is 6.20. The van der Waals surface area contributed by atoms with Crippen molar-refractivity contribution in [1.82, 2.24) is 5.32 Å². The highest BCUT2D eigenvalue weighted by molar-refractivity contribution is 9.10. The highest BCUT2D eigenvalue weighted by Crippen LogP contribution is 2.28. The summed E-state index contributed by atoms with van der Waals surface area (Å²) in [6.07, 6.45) is 0.360. The van der Waals surface area contributed by atoms with Crippen molar-refractivity contribution in [2.45, 2.75) is 13.0 Å². The van der Waals surface area contributed by atoms with Gasteiger partial charge in [-0.05, 0) is 41.5 Å². The van der Waals surface area contributed by atoms with Crippen LogP contribution in [0.15, 0.2) is 46.9 Å². The van der Waals surface area contributed by atoms with Crippen molar-refractivity contribution in [1.29, 1.82) is 0 Å². The van der Waals surface area contributed by atoms with E-state index in [2.05, 4.69) is 21.2 Å². The highest BCUT2D eigenvalue weighted by Gasteiger charge is 2.24. The molecule has 5 heteroatoms. The van der Waals surface area contributed by atoms with Crippen LogP contribution < -0.4 is 10.2 Å². The predicted octanol–water partition coefficient (Wildman–Crippen LogP) is 2.90. The van der Waals surface area contributed by atoms with Gasteiger partial charge in [0.1, 0.15) is 0 Å². The first kappa shape index (κ1) is 14.8. The van der Waals surface area contributed by atoms with Crippen LogP contribution in [0.2, 0.25) is 0 Å². The fourth-order valence-corrected chi connectivity index (χ4v) is 2.99. The number of hydrogen-bond donors (Lipinski definition) is 1. The minimum Gasteiger partial charge on any atom is -0.348 e. The Bertz CT molecular complexity index is 758. The largest absolute Gasteiger partial charge is 0.348 e. The molecule has 0 unspecified atom stereocenters. The van der Waals surface area contributed by atoms with E-state index in [1.807, 2.05) is 30.3 Å². The zero-order valence-corrected chi connectivity index (χ0v) is 13.7. The number of rotatable bonds is 3. The van der Waals surface area contributed by atoms with Gasteiger partial charge in [-0.2, -0.15) is 0 Å². The van der Waals surface area contributed by atoms with Gasteiger partial charge in [0.15, 0.2) is 0 Å². The number of hydrogen-bond acceptors (Lipinski definition) is 2. The highest BCUT2D eigenvalue weighted by atomic mass is 79.9. The molecule has 0 atom stereocenters. The number of carbonyl (C=O) groups excluding carboxylic acids is 2. The van der Waals surface area contributed by atoms with Gasteiger partial charge in [-0.25, -0.2) is 0 Å². The Morgan fingerprint density at radius 3 is 2.86 bits per heavy atom. The molecule has 1 heterocycles.